The summed E-state index contributed by atoms with van der Waals surface area (Å²) in [6, 6.07) is 5.50. The van der Waals surface area contributed by atoms with E-state index in [9.17, 15) is 4.79 Å². The zero-order valence-electron chi connectivity index (χ0n) is 21.5. The highest BCUT2D eigenvalue weighted by atomic mass is 16.5. The van der Waals surface area contributed by atoms with Crippen LogP contribution in [0.3, 0.4) is 0 Å². The van der Waals surface area contributed by atoms with Gasteiger partial charge in [0.25, 0.3) is 0 Å². The van der Waals surface area contributed by atoms with Gasteiger partial charge in [-0.2, -0.15) is 15.2 Å². The molecule has 0 saturated heterocycles. The number of esters is 1. The summed E-state index contributed by atoms with van der Waals surface area (Å²) in [7, 11) is 7.36. The summed E-state index contributed by atoms with van der Waals surface area (Å²) in [5.41, 5.74) is 2.15. The van der Waals surface area contributed by atoms with E-state index in [4.69, 9.17) is 9.47 Å². The molecular formula is C24H30N10O3. The van der Waals surface area contributed by atoms with Crippen LogP contribution < -0.4 is 15.4 Å². The minimum absolute atomic E-state index is 0.178. The van der Waals surface area contributed by atoms with E-state index in [1.807, 2.05) is 43.2 Å². The fraction of sp³-hybridized carbons (Fsp3) is 0.333. The Labute approximate surface area is 214 Å². The second kappa shape index (κ2) is 11.5. The molecule has 2 N–H and O–H groups in total. The zero-order chi connectivity index (χ0) is 26.4. The minimum Gasteiger partial charge on any atom is -0.494 e. The number of carbonyl (C=O) groups excluding carboxylic acids is 1. The third-order valence-electron chi connectivity index (χ3n) is 5.26. The number of rotatable bonds is 11. The number of nitrogens with zero attached hydrogens (tertiary/aromatic N) is 8. The smallest absolute Gasteiger partial charge is 0.343 e. The first kappa shape index (κ1) is 25.6. The van der Waals surface area contributed by atoms with E-state index in [2.05, 4.69) is 40.7 Å². The summed E-state index contributed by atoms with van der Waals surface area (Å²) in [6.45, 7) is 3.55. The van der Waals surface area contributed by atoms with Gasteiger partial charge in [-0.25, -0.2) is 14.8 Å². The van der Waals surface area contributed by atoms with Gasteiger partial charge in [-0.1, -0.05) is 6.07 Å². The number of methoxy groups -OCH3 is 1. The molecule has 0 amide bonds. The second-order valence-electron chi connectivity index (χ2n) is 8.35. The minimum atomic E-state index is -0.547. The second-order valence-corrected chi connectivity index (χ2v) is 8.35. The molecule has 4 aromatic rings. The van der Waals surface area contributed by atoms with Crippen molar-refractivity contribution < 1.29 is 14.3 Å². The van der Waals surface area contributed by atoms with E-state index >= 15 is 0 Å². The number of aromatic nitrogens is 7. The number of ether oxygens (including phenoxy) is 2. The normalized spacial score (nSPS) is 11.0. The largest absolute Gasteiger partial charge is 0.494 e. The quantitative estimate of drug-likeness (QED) is 0.290. The lowest BCUT2D eigenvalue weighted by molar-refractivity contribution is 0.0526. The predicted octanol–water partition coefficient (Wildman–Crippen LogP) is 2.70. The highest BCUT2D eigenvalue weighted by molar-refractivity contribution is 5.96. The Bertz CT molecular complexity index is 1360. The predicted molar refractivity (Wildman–Crippen MR) is 138 cm³/mol. The first-order valence-electron chi connectivity index (χ1n) is 11.7. The van der Waals surface area contributed by atoms with Crippen LogP contribution in [-0.4, -0.2) is 79.7 Å². The molecule has 13 nitrogen and oxygen atoms in total. The van der Waals surface area contributed by atoms with Crippen LogP contribution in [-0.2, 0) is 18.3 Å². The van der Waals surface area contributed by atoms with Crippen molar-refractivity contribution in [1.29, 1.82) is 0 Å². The van der Waals surface area contributed by atoms with Crippen LogP contribution in [0.4, 0.5) is 23.1 Å². The molecule has 3 heterocycles. The Balaban J connectivity index is 1.65. The van der Waals surface area contributed by atoms with E-state index < -0.39 is 5.97 Å². The number of hydrogen-bond donors (Lipinski definition) is 2. The summed E-state index contributed by atoms with van der Waals surface area (Å²) >= 11 is 0. The Kier molecular flexibility index (Phi) is 7.93. The lowest BCUT2D eigenvalue weighted by atomic mass is 10.1. The maximum atomic E-state index is 12.7. The summed E-state index contributed by atoms with van der Waals surface area (Å²) in [5, 5.41) is 15.1. The molecule has 0 bridgehead atoms. The fourth-order valence-corrected chi connectivity index (χ4v) is 3.50. The molecule has 0 fully saturated rings. The van der Waals surface area contributed by atoms with Gasteiger partial charge in [-0.3, -0.25) is 9.36 Å². The average Bonchev–Trinajstić information content (AvgIpc) is 3.51. The van der Waals surface area contributed by atoms with Crippen LogP contribution in [0.25, 0.3) is 11.4 Å². The van der Waals surface area contributed by atoms with Gasteiger partial charge in [-0.15, -0.1) is 0 Å². The van der Waals surface area contributed by atoms with Crippen LogP contribution >= 0.6 is 0 Å². The van der Waals surface area contributed by atoms with Crippen molar-refractivity contribution in [3.8, 4) is 17.1 Å². The number of nitrogens with one attached hydrogen (secondary N) is 2. The molecule has 0 aliphatic carbocycles. The van der Waals surface area contributed by atoms with Gasteiger partial charge in [0.2, 0.25) is 5.95 Å². The van der Waals surface area contributed by atoms with Crippen molar-refractivity contribution in [3.05, 3.63) is 48.7 Å². The molecule has 37 heavy (non-hydrogen) atoms. The Morgan fingerprint density at radius 3 is 2.70 bits per heavy atom. The first-order valence-corrected chi connectivity index (χ1v) is 11.7. The van der Waals surface area contributed by atoms with Gasteiger partial charge < -0.3 is 25.0 Å². The van der Waals surface area contributed by atoms with Gasteiger partial charge in [0.1, 0.15) is 11.9 Å². The highest BCUT2D eigenvalue weighted by Crippen LogP contribution is 2.36. The van der Waals surface area contributed by atoms with Crippen LogP contribution in [0.1, 0.15) is 17.3 Å². The molecule has 4 rings (SSSR count). The zero-order valence-corrected chi connectivity index (χ0v) is 21.5. The lowest BCUT2D eigenvalue weighted by Crippen LogP contribution is -2.18. The third-order valence-corrected chi connectivity index (χ3v) is 5.26. The first-order chi connectivity index (χ1) is 17.9. The van der Waals surface area contributed by atoms with Crippen molar-refractivity contribution in [2.45, 2.75) is 13.5 Å². The monoisotopic (exact) mass is 506 g/mol. The Morgan fingerprint density at radius 1 is 1.16 bits per heavy atom. The van der Waals surface area contributed by atoms with E-state index in [-0.39, 0.29) is 23.9 Å². The van der Waals surface area contributed by atoms with Crippen LogP contribution in [0, 0.1) is 0 Å². The van der Waals surface area contributed by atoms with Gasteiger partial charge in [0.15, 0.2) is 17.4 Å². The molecule has 0 spiro atoms. The third kappa shape index (κ3) is 6.19. The highest BCUT2D eigenvalue weighted by Gasteiger charge is 2.20. The molecule has 3 aromatic heterocycles. The molecule has 0 unspecified atom stereocenters. The van der Waals surface area contributed by atoms with Gasteiger partial charge in [-0.05, 0) is 33.2 Å². The van der Waals surface area contributed by atoms with Crippen LogP contribution in [0.5, 0.6) is 5.75 Å². The van der Waals surface area contributed by atoms with Crippen molar-refractivity contribution >= 4 is 29.1 Å². The molecule has 13 heteroatoms. The molecule has 0 saturated carbocycles. The van der Waals surface area contributed by atoms with Gasteiger partial charge >= 0.3 is 5.97 Å². The molecule has 194 valence electrons. The molecule has 1 aromatic carbocycles. The number of anilines is 4. The van der Waals surface area contributed by atoms with E-state index in [0.717, 1.165) is 18.8 Å². The number of likely N-dealkylation sites (N-methyl/N-ethyl adjacent to an activating group) is 1. The average molecular weight is 507 g/mol. The van der Waals surface area contributed by atoms with Crippen molar-refractivity contribution in [1.82, 2.24) is 39.4 Å². The molecule has 0 radical (unpaired) electrons. The topological polar surface area (TPSA) is 137 Å². The van der Waals surface area contributed by atoms with Gasteiger partial charge in [0.05, 0.1) is 43.4 Å². The summed E-state index contributed by atoms with van der Waals surface area (Å²) < 4.78 is 14.3. The fourth-order valence-electron chi connectivity index (χ4n) is 3.50. The summed E-state index contributed by atoms with van der Waals surface area (Å²) in [6.07, 6.45) is 6.59. The van der Waals surface area contributed by atoms with Crippen molar-refractivity contribution in [2.24, 2.45) is 7.05 Å². The van der Waals surface area contributed by atoms with E-state index in [0.29, 0.717) is 22.8 Å². The maximum Gasteiger partial charge on any atom is 0.343 e. The maximum absolute atomic E-state index is 12.7. The van der Waals surface area contributed by atoms with Gasteiger partial charge in [0, 0.05) is 26.0 Å². The van der Waals surface area contributed by atoms with E-state index in [1.165, 1.54) is 6.20 Å². The Morgan fingerprint density at radius 2 is 2.00 bits per heavy atom. The number of carbonyl (C=O) groups is 1. The van der Waals surface area contributed by atoms with Crippen LogP contribution in [0.2, 0.25) is 0 Å². The number of benzene rings is 1. The van der Waals surface area contributed by atoms with E-state index in [1.54, 1.807) is 38.3 Å². The van der Waals surface area contributed by atoms with Crippen molar-refractivity contribution in [2.75, 3.05) is 45.0 Å². The lowest BCUT2D eigenvalue weighted by Gasteiger charge is -2.16. The summed E-state index contributed by atoms with van der Waals surface area (Å²) in [4.78, 5) is 27.9. The molecular weight excluding hydrogens is 476 g/mol. The standard InChI is InChI=1S/C24H30N10O3/c1-6-37-23(35)18-13-25-24(28-16-12-27-34(14-16)11-10-32(2)3)30-22(18)29-19-9-7-8-17(20(19)36-5)21-26-15-33(4)31-21/h7-9,12-15H,6,10-11H2,1-5H3,(H2,25,28,29,30). The molecule has 0 atom stereocenters. The SMILES string of the molecule is CCOC(=O)c1cnc(Nc2cnn(CCN(C)C)c2)nc1Nc1cccc(-c2ncn(C)n2)c1OC. The van der Waals surface area contributed by atoms with Crippen molar-refractivity contribution in [3.63, 3.8) is 0 Å². The number of aryl methyl sites for hydroxylation is 1. The number of para-hydroxylation sites is 1. The molecule has 0 aliphatic rings. The molecule has 0 aliphatic heterocycles. The van der Waals surface area contributed by atoms with Crippen LogP contribution in [0.15, 0.2) is 43.1 Å². The number of hydrogen-bond acceptors (Lipinski definition) is 11. The Hall–Kier alpha value is -4.52. The summed E-state index contributed by atoms with van der Waals surface area (Å²) in [5.74, 6) is 0.989.